The average molecular weight is 272 g/mol. The summed E-state index contributed by atoms with van der Waals surface area (Å²) in [5.74, 6) is 1.52. The maximum Gasteiger partial charge on any atom is 0.127 e. The van der Waals surface area contributed by atoms with Crippen molar-refractivity contribution >= 4 is 0 Å². The van der Waals surface area contributed by atoms with Gasteiger partial charge in [-0.1, -0.05) is 12.1 Å². The molecule has 4 nitrogen and oxygen atoms in total. The maximum absolute atomic E-state index is 6.31. The molecule has 1 aromatic heterocycles. The molecule has 0 saturated heterocycles. The molecule has 106 valence electrons. The molecule has 0 aliphatic rings. The Labute approximate surface area is 119 Å². The fourth-order valence-corrected chi connectivity index (χ4v) is 2.24. The van der Waals surface area contributed by atoms with Crippen molar-refractivity contribution in [2.24, 2.45) is 5.73 Å². The third-order valence-electron chi connectivity index (χ3n) is 3.27. The van der Waals surface area contributed by atoms with Crippen molar-refractivity contribution in [3.8, 4) is 11.5 Å². The van der Waals surface area contributed by atoms with E-state index in [1.54, 1.807) is 20.4 Å². The van der Waals surface area contributed by atoms with Crippen LogP contribution in [0.3, 0.4) is 0 Å². The maximum atomic E-state index is 6.31. The molecule has 0 bridgehead atoms. The van der Waals surface area contributed by atoms with Gasteiger partial charge in [0, 0.05) is 17.9 Å². The van der Waals surface area contributed by atoms with E-state index in [1.807, 2.05) is 36.4 Å². The number of aromatic nitrogens is 1. The van der Waals surface area contributed by atoms with Crippen molar-refractivity contribution in [1.82, 2.24) is 4.98 Å². The summed E-state index contributed by atoms with van der Waals surface area (Å²) in [4.78, 5) is 4.31. The Morgan fingerprint density at radius 1 is 1.05 bits per heavy atom. The highest BCUT2D eigenvalue weighted by molar-refractivity contribution is 5.46. The molecular weight excluding hydrogens is 252 g/mol. The summed E-state index contributed by atoms with van der Waals surface area (Å²) in [5, 5.41) is 0. The van der Waals surface area contributed by atoms with Gasteiger partial charge in [-0.2, -0.15) is 0 Å². The van der Waals surface area contributed by atoms with Crippen molar-refractivity contribution in [1.29, 1.82) is 0 Å². The van der Waals surface area contributed by atoms with Gasteiger partial charge in [0.05, 0.1) is 19.8 Å². The SMILES string of the molecule is COc1cccc(OC)c1C(N)CCc1ccccn1. The first kappa shape index (κ1) is 14.3. The van der Waals surface area contributed by atoms with Gasteiger partial charge in [-0.05, 0) is 37.1 Å². The van der Waals surface area contributed by atoms with Crippen LogP contribution < -0.4 is 15.2 Å². The van der Waals surface area contributed by atoms with E-state index in [1.165, 1.54) is 0 Å². The zero-order valence-electron chi connectivity index (χ0n) is 11.9. The number of pyridine rings is 1. The van der Waals surface area contributed by atoms with Crippen molar-refractivity contribution in [2.45, 2.75) is 18.9 Å². The molecule has 20 heavy (non-hydrogen) atoms. The molecular formula is C16H20N2O2. The molecule has 4 heteroatoms. The Balaban J connectivity index is 2.14. The van der Waals surface area contributed by atoms with Crippen molar-refractivity contribution in [2.75, 3.05) is 14.2 Å². The van der Waals surface area contributed by atoms with Crippen LogP contribution in [0.15, 0.2) is 42.6 Å². The van der Waals surface area contributed by atoms with E-state index in [4.69, 9.17) is 15.2 Å². The lowest BCUT2D eigenvalue weighted by Gasteiger charge is -2.18. The summed E-state index contributed by atoms with van der Waals surface area (Å²) in [6, 6.07) is 11.4. The summed E-state index contributed by atoms with van der Waals surface area (Å²) in [5.41, 5.74) is 8.26. The number of benzene rings is 1. The molecule has 2 N–H and O–H groups in total. The second-order valence-corrected chi connectivity index (χ2v) is 4.54. The highest BCUT2D eigenvalue weighted by Crippen LogP contribution is 2.34. The molecule has 1 atom stereocenters. The van der Waals surface area contributed by atoms with Crippen LogP contribution in [0.5, 0.6) is 11.5 Å². The summed E-state index contributed by atoms with van der Waals surface area (Å²) < 4.78 is 10.8. The Morgan fingerprint density at radius 2 is 1.75 bits per heavy atom. The van der Waals surface area contributed by atoms with Crippen LogP contribution in [-0.4, -0.2) is 19.2 Å². The molecule has 0 radical (unpaired) electrons. The Kier molecular flexibility index (Phi) is 4.96. The summed E-state index contributed by atoms with van der Waals surface area (Å²) >= 11 is 0. The molecule has 1 unspecified atom stereocenters. The van der Waals surface area contributed by atoms with Crippen LogP contribution in [0.4, 0.5) is 0 Å². The van der Waals surface area contributed by atoms with Crippen LogP contribution in [0.1, 0.15) is 23.7 Å². The number of hydrogen-bond acceptors (Lipinski definition) is 4. The highest BCUT2D eigenvalue weighted by atomic mass is 16.5. The van der Waals surface area contributed by atoms with Gasteiger partial charge in [0.2, 0.25) is 0 Å². The molecule has 1 aromatic carbocycles. The van der Waals surface area contributed by atoms with E-state index in [0.717, 1.165) is 35.6 Å². The number of methoxy groups -OCH3 is 2. The standard InChI is InChI=1S/C16H20N2O2/c1-19-14-7-5-8-15(20-2)16(14)13(17)10-9-12-6-3-4-11-18-12/h3-8,11,13H,9-10,17H2,1-2H3. The van der Waals surface area contributed by atoms with Gasteiger partial charge < -0.3 is 15.2 Å². The number of ether oxygens (including phenoxy) is 2. The van der Waals surface area contributed by atoms with Crippen LogP contribution >= 0.6 is 0 Å². The monoisotopic (exact) mass is 272 g/mol. The molecule has 2 aromatic rings. The number of hydrogen-bond donors (Lipinski definition) is 1. The number of nitrogens with zero attached hydrogens (tertiary/aromatic N) is 1. The fraction of sp³-hybridized carbons (Fsp3) is 0.312. The first-order chi connectivity index (χ1) is 9.76. The summed E-state index contributed by atoms with van der Waals surface area (Å²) in [6.45, 7) is 0. The van der Waals surface area contributed by atoms with Gasteiger partial charge in [0.1, 0.15) is 11.5 Å². The number of nitrogens with two attached hydrogens (primary N) is 1. The van der Waals surface area contributed by atoms with E-state index < -0.39 is 0 Å². The zero-order valence-corrected chi connectivity index (χ0v) is 11.9. The van der Waals surface area contributed by atoms with Gasteiger partial charge >= 0.3 is 0 Å². The van der Waals surface area contributed by atoms with Crippen molar-refractivity contribution in [3.05, 3.63) is 53.9 Å². The minimum absolute atomic E-state index is 0.150. The molecule has 2 rings (SSSR count). The van der Waals surface area contributed by atoms with E-state index in [0.29, 0.717) is 0 Å². The Morgan fingerprint density at radius 3 is 2.30 bits per heavy atom. The predicted octanol–water partition coefficient (Wildman–Crippen LogP) is 2.73. The zero-order chi connectivity index (χ0) is 14.4. The van der Waals surface area contributed by atoms with Crippen LogP contribution in [0.25, 0.3) is 0 Å². The molecule has 0 amide bonds. The van der Waals surface area contributed by atoms with Gasteiger partial charge in [0.15, 0.2) is 0 Å². The van der Waals surface area contributed by atoms with Gasteiger partial charge in [0.25, 0.3) is 0 Å². The number of aryl methyl sites for hydroxylation is 1. The van der Waals surface area contributed by atoms with Crippen LogP contribution in [0, 0.1) is 0 Å². The molecule has 0 aliphatic heterocycles. The van der Waals surface area contributed by atoms with Crippen LogP contribution in [-0.2, 0) is 6.42 Å². The number of rotatable bonds is 6. The molecule has 1 heterocycles. The molecule has 0 fully saturated rings. The lowest BCUT2D eigenvalue weighted by molar-refractivity contribution is 0.377. The quantitative estimate of drug-likeness (QED) is 0.878. The topological polar surface area (TPSA) is 57.4 Å². The Hall–Kier alpha value is -2.07. The van der Waals surface area contributed by atoms with Gasteiger partial charge in [-0.25, -0.2) is 0 Å². The average Bonchev–Trinajstić information content (AvgIpc) is 2.52. The van der Waals surface area contributed by atoms with Gasteiger partial charge in [-0.15, -0.1) is 0 Å². The third-order valence-corrected chi connectivity index (χ3v) is 3.27. The third kappa shape index (κ3) is 3.27. The molecule has 0 aliphatic carbocycles. The second kappa shape index (κ2) is 6.91. The minimum Gasteiger partial charge on any atom is -0.496 e. The largest absolute Gasteiger partial charge is 0.496 e. The van der Waals surface area contributed by atoms with Gasteiger partial charge in [-0.3, -0.25) is 4.98 Å². The normalized spacial score (nSPS) is 11.9. The van der Waals surface area contributed by atoms with E-state index in [9.17, 15) is 0 Å². The van der Waals surface area contributed by atoms with Crippen molar-refractivity contribution < 1.29 is 9.47 Å². The molecule has 0 spiro atoms. The second-order valence-electron chi connectivity index (χ2n) is 4.54. The van der Waals surface area contributed by atoms with E-state index in [-0.39, 0.29) is 6.04 Å². The van der Waals surface area contributed by atoms with Crippen LogP contribution in [0.2, 0.25) is 0 Å². The first-order valence-corrected chi connectivity index (χ1v) is 6.62. The van der Waals surface area contributed by atoms with E-state index in [2.05, 4.69) is 4.98 Å². The lowest BCUT2D eigenvalue weighted by Crippen LogP contribution is -2.14. The lowest BCUT2D eigenvalue weighted by atomic mass is 9.99. The molecule has 0 saturated carbocycles. The summed E-state index contributed by atoms with van der Waals surface area (Å²) in [6.07, 6.45) is 3.40. The minimum atomic E-state index is -0.150. The predicted molar refractivity (Wildman–Crippen MR) is 79.0 cm³/mol. The first-order valence-electron chi connectivity index (χ1n) is 6.62. The fourth-order valence-electron chi connectivity index (χ4n) is 2.24. The van der Waals surface area contributed by atoms with E-state index >= 15 is 0 Å². The van der Waals surface area contributed by atoms with Crippen molar-refractivity contribution in [3.63, 3.8) is 0 Å². The smallest absolute Gasteiger partial charge is 0.127 e. The Bertz CT molecular complexity index is 521. The highest BCUT2D eigenvalue weighted by Gasteiger charge is 2.17. The summed E-state index contributed by atoms with van der Waals surface area (Å²) in [7, 11) is 3.29.